The molecule has 2 amide bonds. The SMILES string of the molecule is CNS(=O)(=O)c1ccc(C)c(NC(=O)[C@@H](CC2CCCCC2)NC(=O)Cc2ccc(Cl)c(Cl)c2)c1. The summed E-state index contributed by atoms with van der Waals surface area (Å²) in [6, 6.07) is 8.78. The molecule has 0 spiro atoms. The maximum atomic E-state index is 13.3. The van der Waals surface area contributed by atoms with Gasteiger partial charge in [0.2, 0.25) is 21.8 Å². The summed E-state index contributed by atoms with van der Waals surface area (Å²) in [5, 5.41) is 6.49. The van der Waals surface area contributed by atoms with Crippen molar-refractivity contribution in [1.82, 2.24) is 10.0 Å². The fourth-order valence-corrected chi connectivity index (χ4v) is 5.39. The lowest BCUT2D eigenvalue weighted by Crippen LogP contribution is -2.45. The van der Waals surface area contributed by atoms with Gasteiger partial charge in [0.25, 0.3) is 0 Å². The van der Waals surface area contributed by atoms with E-state index < -0.39 is 16.1 Å². The molecule has 1 saturated carbocycles. The van der Waals surface area contributed by atoms with Gasteiger partial charge in [0, 0.05) is 5.69 Å². The highest BCUT2D eigenvalue weighted by Crippen LogP contribution is 2.28. The highest BCUT2D eigenvalue weighted by Gasteiger charge is 2.27. The Bertz CT molecular complexity index is 1180. The number of anilines is 1. The number of aryl methyl sites for hydroxylation is 1. The maximum absolute atomic E-state index is 13.3. The van der Waals surface area contributed by atoms with Gasteiger partial charge in [0.05, 0.1) is 21.4 Å². The molecule has 35 heavy (non-hydrogen) atoms. The van der Waals surface area contributed by atoms with Crippen LogP contribution in [0, 0.1) is 12.8 Å². The molecule has 7 nitrogen and oxygen atoms in total. The van der Waals surface area contributed by atoms with Crippen molar-refractivity contribution in [2.24, 2.45) is 5.92 Å². The predicted octanol–water partition coefficient (Wildman–Crippen LogP) is 4.85. The van der Waals surface area contributed by atoms with Gasteiger partial charge in [-0.3, -0.25) is 9.59 Å². The third-order valence-corrected chi connectivity index (χ3v) is 8.49. The van der Waals surface area contributed by atoms with Crippen molar-refractivity contribution in [3.63, 3.8) is 0 Å². The van der Waals surface area contributed by atoms with Gasteiger partial charge in [-0.05, 0) is 61.7 Å². The van der Waals surface area contributed by atoms with Gasteiger partial charge >= 0.3 is 0 Å². The monoisotopic (exact) mass is 539 g/mol. The Morgan fingerprint density at radius 3 is 2.40 bits per heavy atom. The minimum atomic E-state index is -3.67. The third-order valence-electron chi connectivity index (χ3n) is 6.34. The zero-order chi connectivity index (χ0) is 25.6. The lowest BCUT2D eigenvalue weighted by molar-refractivity contribution is -0.126. The van der Waals surface area contributed by atoms with Crippen molar-refractivity contribution in [2.75, 3.05) is 12.4 Å². The molecule has 0 radical (unpaired) electrons. The number of carbonyl (C=O) groups excluding carboxylic acids is 2. The van der Waals surface area contributed by atoms with E-state index in [0.29, 0.717) is 39.2 Å². The standard InChI is InChI=1S/C25H31Cl2N3O4S/c1-16-8-10-19(35(33,34)28-2)15-22(16)30-25(32)23(13-17-6-4-3-5-7-17)29-24(31)14-18-9-11-20(26)21(27)12-18/h8-12,15,17,23,28H,3-7,13-14H2,1-2H3,(H,29,31)(H,30,32)/t23-/m1/s1. The first-order valence-corrected chi connectivity index (χ1v) is 13.9. The van der Waals surface area contributed by atoms with E-state index >= 15 is 0 Å². The van der Waals surface area contributed by atoms with Crippen molar-refractivity contribution in [1.29, 1.82) is 0 Å². The van der Waals surface area contributed by atoms with Gasteiger partial charge in [0.1, 0.15) is 6.04 Å². The summed E-state index contributed by atoms with van der Waals surface area (Å²) < 4.78 is 26.7. The van der Waals surface area contributed by atoms with Crippen molar-refractivity contribution >= 4 is 50.7 Å². The molecule has 2 aromatic carbocycles. The first-order valence-electron chi connectivity index (χ1n) is 11.7. The molecule has 3 rings (SSSR count). The molecule has 10 heteroatoms. The zero-order valence-electron chi connectivity index (χ0n) is 19.9. The molecular weight excluding hydrogens is 509 g/mol. The first-order chi connectivity index (χ1) is 16.6. The van der Waals surface area contributed by atoms with Crippen LogP contribution in [0.25, 0.3) is 0 Å². The number of benzene rings is 2. The fourth-order valence-electron chi connectivity index (χ4n) is 4.31. The minimum absolute atomic E-state index is 0.0494. The quantitative estimate of drug-likeness (QED) is 0.423. The maximum Gasteiger partial charge on any atom is 0.246 e. The molecule has 0 bridgehead atoms. The van der Waals surface area contributed by atoms with Crippen LogP contribution in [0.5, 0.6) is 0 Å². The van der Waals surface area contributed by atoms with E-state index in [2.05, 4.69) is 15.4 Å². The largest absolute Gasteiger partial charge is 0.344 e. The highest BCUT2D eigenvalue weighted by molar-refractivity contribution is 7.89. The van der Waals surface area contributed by atoms with Crippen LogP contribution in [0.15, 0.2) is 41.3 Å². The summed E-state index contributed by atoms with van der Waals surface area (Å²) in [4.78, 5) is 26.2. The molecule has 0 unspecified atom stereocenters. The van der Waals surface area contributed by atoms with Crippen molar-refractivity contribution in [3.8, 4) is 0 Å². The minimum Gasteiger partial charge on any atom is -0.344 e. The van der Waals surface area contributed by atoms with Crippen molar-refractivity contribution < 1.29 is 18.0 Å². The van der Waals surface area contributed by atoms with Gasteiger partial charge in [0.15, 0.2) is 0 Å². The van der Waals surface area contributed by atoms with Crippen LogP contribution in [0.2, 0.25) is 10.0 Å². The molecule has 1 atom stereocenters. The third kappa shape index (κ3) is 7.67. The number of hydrogen-bond donors (Lipinski definition) is 3. The number of halogens is 2. The summed E-state index contributed by atoms with van der Waals surface area (Å²) in [6.07, 6.45) is 6.01. The molecule has 3 N–H and O–H groups in total. The summed E-state index contributed by atoms with van der Waals surface area (Å²) in [5.41, 5.74) is 1.79. The predicted molar refractivity (Wildman–Crippen MR) is 139 cm³/mol. The van der Waals surface area contributed by atoms with Gasteiger partial charge in [-0.2, -0.15) is 0 Å². The number of nitrogens with one attached hydrogen (secondary N) is 3. The lowest BCUT2D eigenvalue weighted by atomic mass is 9.84. The summed E-state index contributed by atoms with van der Waals surface area (Å²) in [7, 11) is -2.34. The van der Waals surface area contributed by atoms with E-state index in [9.17, 15) is 18.0 Å². The molecule has 0 aliphatic heterocycles. The molecule has 0 heterocycles. The van der Waals surface area contributed by atoms with E-state index in [4.69, 9.17) is 23.2 Å². The van der Waals surface area contributed by atoms with Gasteiger partial charge in [-0.15, -0.1) is 0 Å². The molecule has 1 aliphatic carbocycles. The van der Waals surface area contributed by atoms with E-state index in [-0.39, 0.29) is 23.1 Å². The average molecular weight is 541 g/mol. The zero-order valence-corrected chi connectivity index (χ0v) is 22.2. The topological polar surface area (TPSA) is 104 Å². The Morgan fingerprint density at radius 2 is 1.74 bits per heavy atom. The van der Waals surface area contributed by atoms with Crippen LogP contribution in [0.1, 0.15) is 49.7 Å². The molecular formula is C25H31Cl2N3O4S. The lowest BCUT2D eigenvalue weighted by Gasteiger charge is -2.27. The van der Waals surface area contributed by atoms with Crippen molar-refractivity contribution in [2.45, 2.75) is 62.8 Å². The second-order valence-electron chi connectivity index (χ2n) is 8.96. The second kappa shape index (κ2) is 12.2. The van der Waals surface area contributed by atoms with E-state index in [1.165, 1.54) is 25.6 Å². The van der Waals surface area contributed by atoms with E-state index in [1.54, 1.807) is 31.2 Å². The van der Waals surface area contributed by atoms with E-state index in [0.717, 1.165) is 25.7 Å². The van der Waals surface area contributed by atoms with Gasteiger partial charge < -0.3 is 10.6 Å². The number of carbonyl (C=O) groups is 2. The van der Waals surface area contributed by atoms with Crippen LogP contribution in [-0.4, -0.2) is 33.3 Å². The molecule has 190 valence electrons. The molecule has 2 aromatic rings. The summed E-state index contributed by atoms with van der Waals surface area (Å²) in [6.45, 7) is 1.78. The summed E-state index contributed by atoms with van der Waals surface area (Å²) >= 11 is 12.0. The number of sulfonamides is 1. The van der Waals surface area contributed by atoms with Crippen LogP contribution >= 0.6 is 23.2 Å². The Hall–Kier alpha value is -2.13. The smallest absolute Gasteiger partial charge is 0.246 e. The van der Waals surface area contributed by atoms with Crippen LogP contribution in [0.4, 0.5) is 5.69 Å². The van der Waals surface area contributed by atoms with E-state index in [1.807, 2.05) is 0 Å². The van der Waals surface area contributed by atoms with Crippen molar-refractivity contribution in [3.05, 3.63) is 57.6 Å². The Kier molecular flexibility index (Phi) is 9.58. The Morgan fingerprint density at radius 1 is 1.03 bits per heavy atom. The van der Waals surface area contributed by atoms with Gasteiger partial charge in [-0.1, -0.05) is 67.4 Å². The van der Waals surface area contributed by atoms with Crippen LogP contribution in [0.3, 0.4) is 0 Å². The number of hydrogen-bond acceptors (Lipinski definition) is 4. The average Bonchev–Trinajstić information content (AvgIpc) is 2.83. The van der Waals surface area contributed by atoms with Gasteiger partial charge in [-0.25, -0.2) is 13.1 Å². The Balaban J connectivity index is 1.78. The highest BCUT2D eigenvalue weighted by atomic mass is 35.5. The molecule has 0 aromatic heterocycles. The van der Waals surface area contributed by atoms with Crippen LogP contribution < -0.4 is 15.4 Å². The first kappa shape index (κ1) is 27.5. The molecule has 0 saturated heterocycles. The molecule has 1 aliphatic rings. The fraction of sp³-hybridized carbons (Fsp3) is 0.440. The number of amides is 2. The second-order valence-corrected chi connectivity index (χ2v) is 11.7. The Labute approximate surface area is 217 Å². The normalized spacial score (nSPS) is 15.4. The number of rotatable bonds is 9. The molecule has 1 fully saturated rings. The summed E-state index contributed by atoms with van der Waals surface area (Å²) in [5.74, 6) is -0.343. The van der Waals surface area contributed by atoms with Crippen LogP contribution in [-0.2, 0) is 26.0 Å².